The highest BCUT2D eigenvalue weighted by molar-refractivity contribution is 8.04. The summed E-state index contributed by atoms with van der Waals surface area (Å²) in [4.78, 5) is 6.41. The lowest BCUT2D eigenvalue weighted by atomic mass is 10.3. The van der Waals surface area contributed by atoms with Gasteiger partial charge in [-0.15, -0.1) is 0 Å². The first-order valence-corrected chi connectivity index (χ1v) is 8.73. The highest BCUT2D eigenvalue weighted by atomic mass is 32.2. The molecule has 1 aliphatic rings. The largest absolute Gasteiger partial charge is 0.207 e. The van der Waals surface area contributed by atoms with E-state index in [-0.39, 0.29) is 16.7 Å². The van der Waals surface area contributed by atoms with Crippen molar-refractivity contribution in [3.63, 3.8) is 0 Å². The molecule has 21 heavy (non-hydrogen) atoms. The second kappa shape index (κ2) is 5.24. The number of rotatable bonds is 1. The van der Waals surface area contributed by atoms with Gasteiger partial charge in [0.05, 0.1) is 9.79 Å². The second-order valence-corrected chi connectivity index (χ2v) is 7.80. The van der Waals surface area contributed by atoms with Crippen molar-refractivity contribution in [2.45, 2.75) is 24.5 Å². The number of halogens is 1. The maximum absolute atomic E-state index is 13.2. The smallest absolute Gasteiger partial charge is 0.180 e. The van der Waals surface area contributed by atoms with Crippen molar-refractivity contribution in [3.05, 3.63) is 78.6 Å². The van der Waals surface area contributed by atoms with Gasteiger partial charge in [-0.1, -0.05) is 36.0 Å². The molecule has 0 unspecified atom stereocenters. The molecule has 0 aromatic heterocycles. The van der Waals surface area contributed by atoms with E-state index in [9.17, 15) is 4.39 Å². The zero-order valence-corrected chi connectivity index (χ0v) is 12.8. The molecule has 4 rings (SSSR count). The molecule has 0 atom stereocenters. The maximum atomic E-state index is 13.2. The first kappa shape index (κ1) is 13.0. The van der Waals surface area contributed by atoms with Crippen molar-refractivity contribution in [3.8, 4) is 0 Å². The van der Waals surface area contributed by atoms with E-state index < -0.39 is 0 Å². The Morgan fingerprint density at radius 1 is 0.667 bits per heavy atom. The van der Waals surface area contributed by atoms with Crippen molar-refractivity contribution in [2.24, 2.45) is 0 Å². The molecule has 0 N–H and O–H groups in total. The third-order valence-corrected chi connectivity index (χ3v) is 7.15. The third-order valence-electron chi connectivity index (χ3n) is 3.41. The lowest BCUT2D eigenvalue weighted by Gasteiger charge is -2.18. The second-order valence-electron chi connectivity index (χ2n) is 4.76. The standard InChI is InChI=1S/C18H12FS2/c19-13-9-11-14(12-10-13)21-17-7-3-1-5-15(17)20-16-6-2-4-8-18(16)21/h1-12H/q+1. The predicted molar refractivity (Wildman–Crippen MR) is 85.6 cm³/mol. The molecule has 0 fully saturated rings. The zero-order valence-electron chi connectivity index (χ0n) is 11.1. The van der Waals surface area contributed by atoms with Crippen molar-refractivity contribution in [2.75, 3.05) is 0 Å². The summed E-state index contributed by atoms with van der Waals surface area (Å²) in [6, 6.07) is 23.9. The first-order chi connectivity index (χ1) is 10.3. The van der Waals surface area contributed by atoms with Gasteiger partial charge >= 0.3 is 0 Å². The van der Waals surface area contributed by atoms with Crippen LogP contribution in [0.3, 0.4) is 0 Å². The number of hydrogen-bond donors (Lipinski definition) is 0. The van der Waals surface area contributed by atoms with Crippen LogP contribution in [0.2, 0.25) is 0 Å². The number of fused-ring (bicyclic) bond motifs is 2. The lowest BCUT2D eigenvalue weighted by molar-refractivity contribution is 0.626. The third kappa shape index (κ3) is 2.27. The van der Waals surface area contributed by atoms with Crippen LogP contribution in [0.1, 0.15) is 0 Å². The Bertz CT molecular complexity index is 751. The van der Waals surface area contributed by atoms with Gasteiger partial charge in [-0.25, -0.2) is 4.39 Å². The van der Waals surface area contributed by atoms with E-state index in [0.29, 0.717) is 0 Å². The SMILES string of the molecule is Fc1ccc([S+]2c3ccccc3Sc3ccccc32)cc1. The summed E-state index contributed by atoms with van der Waals surface area (Å²) in [7, 11) is -0.154. The van der Waals surface area contributed by atoms with E-state index in [0.717, 1.165) is 4.90 Å². The summed E-state index contributed by atoms with van der Waals surface area (Å²) in [6.07, 6.45) is 0. The van der Waals surface area contributed by atoms with Crippen molar-refractivity contribution < 1.29 is 4.39 Å². The van der Waals surface area contributed by atoms with Gasteiger partial charge in [-0.3, -0.25) is 0 Å². The van der Waals surface area contributed by atoms with Gasteiger partial charge in [0.25, 0.3) is 0 Å². The molecule has 0 saturated carbocycles. The van der Waals surface area contributed by atoms with Crippen LogP contribution < -0.4 is 0 Å². The van der Waals surface area contributed by atoms with Crippen LogP contribution >= 0.6 is 11.8 Å². The van der Waals surface area contributed by atoms with E-state index in [1.807, 2.05) is 23.9 Å². The molecule has 3 aromatic rings. The topological polar surface area (TPSA) is 0 Å². The van der Waals surface area contributed by atoms with E-state index in [1.165, 1.54) is 19.6 Å². The van der Waals surface area contributed by atoms with Gasteiger partial charge in [0, 0.05) is 0 Å². The number of benzene rings is 3. The first-order valence-electron chi connectivity index (χ1n) is 6.69. The molecule has 3 heteroatoms. The highest BCUT2D eigenvalue weighted by Gasteiger charge is 2.37. The molecule has 0 spiro atoms. The summed E-state index contributed by atoms with van der Waals surface area (Å²) in [5, 5.41) is 0. The average molecular weight is 311 g/mol. The minimum atomic E-state index is -0.185. The Balaban J connectivity index is 1.95. The quantitative estimate of drug-likeness (QED) is 0.425. The van der Waals surface area contributed by atoms with Gasteiger partial charge in [0.15, 0.2) is 14.7 Å². The van der Waals surface area contributed by atoms with Crippen LogP contribution in [0.25, 0.3) is 0 Å². The van der Waals surface area contributed by atoms with Crippen LogP contribution in [0.5, 0.6) is 0 Å². The average Bonchev–Trinajstić information content (AvgIpc) is 2.53. The molecule has 0 saturated heterocycles. The summed E-state index contributed by atoms with van der Waals surface area (Å²) >= 11 is 1.82. The Hall–Kier alpha value is -1.71. The Kier molecular flexibility index (Phi) is 3.24. The minimum Gasteiger partial charge on any atom is -0.207 e. The lowest BCUT2D eigenvalue weighted by Crippen LogP contribution is -2.10. The molecular formula is C18H12FS2+. The Morgan fingerprint density at radius 2 is 1.19 bits per heavy atom. The van der Waals surface area contributed by atoms with Crippen LogP contribution in [-0.4, -0.2) is 0 Å². The Labute approximate surface area is 130 Å². The molecule has 3 aromatic carbocycles. The van der Waals surface area contributed by atoms with Crippen LogP contribution in [0, 0.1) is 5.82 Å². The normalized spacial score (nSPS) is 13.6. The maximum Gasteiger partial charge on any atom is 0.180 e. The van der Waals surface area contributed by atoms with Crippen LogP contribution in [0.4, 0.5) is 4.39 Å². The van der Waals surface area contributed by atoms with Crippen LogP contribution in [0.15, 0.2) is 97.3 Å². The minimum absolute atomic E-state index is 0.154. The molecule has 0 nitrogen and oxygen atoms in total. The fraction of sp³-hybridized carbons (Fsp3) is 0. The molecule has 0 bridgehead atoms. The van der Waals surface area contributed by atoms with Crippen molar-refractivity contribution >= 4 is 22.7 Å². The van der Waals surface area contributed by atoms with Gasteiger partial charge in [-0.05, 0) is 48.5 Å². The zero-order chi connectivity index (χ0) is 14.2. The van der Waals surface area contributed by atoms with E-state index >= 15 is 0 Å². The predicted octanol–water partition coefficient (Wildman–Crippen LogP) is 5.39. The molecule has 0 amide bonds. The summed E-state index contributed by atoms with van der Waals surface area (Å²) in [5.74, 6) is -0.185. The summed E-state index contributed by atoms with van der Waals surface area (Å²) in [6.45, 7) is 0. The fourth-order valence-corrected chi connectivity index (χ4v) is 6.21. The molecule has 1 heterocycles. The van der Waals surface area contributed by atoms with Gasteiger partial charge in [0.2, 0.25) is 0 Å². The fourth-order valence-electron chi connectivity index (χ4n) is 2.47. The molecule has 1 aliphatic heterocycles. The van der Waals surface area contributed by atoms with E-state index in [1.54, 1.807) is 12.1 Å². The highest BCUT2D eigenvalue weighted by Crippen LogP contribution is 2.47. The molecular weight excluding hydrogens is 299 g/mol. The number of hydrogen-bond acceptors (Lipinski definition) is 1. The van der Waals surface area contributed by atoms with Gasteiger partial charge in [0.1, 0.15) is 16.7 Å². The van der Waals surface area contributed by atoms with Gasteiger partial charge < -0.3 is 0 Å². The van der Waals surface area contributed by atoms with E-state index in [4.69, 9.17) is 0 Å². The van der Waals surface area contributed by atoms with Crippen molar-refractivity contribution in [1.29, 1.82) is 0 Å². The summed E-state index contributed by atoms with van der Waals surface area (Å²) < 4.78 is 13.2. The molecule has 102 valence electrons. The Morgan fingerprint density at radius 3 is 1.76 bits per heavy atom. The molecule has 0 aliphatic carbocycles. The van der Waals surface area contributed by atoms with E-state index in [2.05, 4.69) is 48.5 Å². The van der Waals surface area contributed by atoms with Gasteiger partial charge in [-0.2, -0.15) is 0 Å². The summed E-state index contributed by atoms with van der Waals surface area (Å²) in [5.41, 5.74) is 0. The monoisotopic (exact) mass is 311 g/mol. The van der Waals surface area contributed by atoms with Crippen LogP contribution in [-0.2, 0) is 10.9 Å². The molecule has 0 radical (unpaired) electrons. The van der Waals surface area contributed by atoms with Crippen molar-refractivity contribution in [1.82, 2.24) is 0 Å².